The van der Waals surface area contributed by atoms with Gasteiger partial charge in [-0.2, -0.15) is 16.8 Å². The highest BCUT2D eigenvalue weighted by molar-refractivity contribution is 7.87. The van der Waals surface area contributed by atoms with Gasteiger partial charge in [-0.3, -0.25) is 18.0 Å². The minimum absolute atomic E-state index is 0.0134. The number of hydrogen-bond acceptors (Lipinski definition) is 10. The first-order valence-electron chi connectivity index (χ1n) is 15.7. The van der Waals surface area contributed by atoms with Gasteiger partial charge < -0.3 is 10.6 Å². The Kier molecular flexibility index (Phi) is 10.0. The summed E-state index contributed by atoms with van der Waals surface area (Å²) < 4.78 is 63.1. The van der Waals surface area contributed by atoms with Crippen molar-refractivity contribution in [2.24, 2.45) is 0 Å². The summed E-state index contributed by atoms with van der Waals surface area (Å²) in [5.74, 6) is -0.825. The molecule has 0 aromatic heterocycles. The first-order chi connectivity index (χ1) is 23.5. The normalized spacial score (nSPS) is 12.7. The summed E-state index contributed by atoms with van der Waals surface area (Å²) in [5, 5.41) is 6.54. The summed E-state index contributed by atoms with van der Waals surface area (Å²) in [6.45, 7) is 16.9. The SMILES string of the molecule is C=CCOS(=O)(=O)c1c(C)cc(C)c(Nc2ccc(Nc3c(C)cc(C)c(S(=O)(=O)OCC=C)c3C)c3c2C(=O)c2ccccc2C3=O)c1C. The molecule has 260 valence electrons. The molecule has 0 heterocycles. The van der Waals surface area contributed by atoms with Crippen LogP contribution < -0.4 is 10.6 Å². The van der Waals surface area contributed by atoms with Crippen LogP contribution in [0, 0.1) is 41.5 Å². The zero-order valence-corrected chi connectivity index (χ0v) is 30.3. The molecule has 4 aromatic rings. The van der Waals surface area contributed by atoms with Crippen LogP contribution in [-0.4, -0.2) is 41.6 Å². The average molecular weight is 715 g/mol. The van der Waals surface area contributed by atoms with Crippen LogP contribution >= 0.6 is 0 Å². The Bertz CT molecular complexity index is 2180. The van der Waals surface area contributed by atoms with E-state index in [1.165, 1.54) is 12.2 Å². The zero-order valence-electron chi connectivity index (χ0n) is 28.7. The van der Waals surface area contributed by atoms with Crippen molar-refractivity contribution in [2.45, 2.75) is 51.3 Å². The Morgan fingerprint density at radius 1 is 0.600 bits per heavy atom. The van der Waals surface area contributed by atoms with Crippen LogP contribution in [0.4, 0.5) is 22.7 Å². The lowest BCUT2D eigenvalue weighted by Gasteiger charge is -2.26. The third-order valence-corrected chi connectivity index (χ3v) is 11.7. The van der Waals surface area contributed by atoms with Gasteiger partial charge in [0.25, 0.3) is 20.2 Å². The van der Waals surface area contributed by atoms with Crippen molar-refractivity contribution in [2.75, 3.05) is 23.8 Å². The number of anilines is 4. The van der Waals surface area contributed by atoms with Crippen LogP contribution in [0.25, 0.3) is 0 Å². The summed E-state index contributed by atoms with van der Waals surface area (Å²) in [7, 11) is -8.33. The van der Waals surface area contributed by atoms with Crippen molar-refractivity contribution in [1.82, 2.24) is 0 Å². The number of aryl methyl sites for hydroxylation is 4. The number of benzene rings is 4. The number of fused-ring (bicyclic) bond motifs is 2. The van der Waals surface area contributed by atoms with Gasteiger partial charge in [0.05, 0.1) is 35.7 Å². The van der Waals surface area contributed by atoms with Gasteiger partial charge in [0, 0.05) is 22.5 Å². The zero-order chi connectivity index (χ0) is 36.7. The van der Waals surface area contributed by atoms with Gasteiger partial charge in [-0.1, -0.05) is 48.6 Å². The Balaban J connectivity index is 1.71. The van der Waals surface area contributed by atoms with E-state index in [4.69, 9.17) is 8.37 Å². The second-order valence-corrected chi connectivity index (χ2v) is 15.2. The molecule has 0 bridgehead atoms. The largest absolute Gasteiger partial charge is 0.354 e. The van der Waals surface area contributed by atoms with Crippen LogP contribution in [0.2, 0.25) is 0 Å². The molecule has 4 aromatic carbocycles. The maximum absolute atomic E-state index is 14.3. The maximum atomic E-state index is 14.3. The molecule has 2 N–H and O–H groups in total. The summed E-state index contributed by atoms with van der Waals surface area (Å²) in [6, 6.07) is 13.2. The fraction of sp³-hybridized carbons (Fsp3) is 0.211. The molecule has 0 aliphatic heterocycles. The summed E-state index contributed by atoms with van der Waals surface area (Å²) in [6.07, 6.45) is 2.68. The van der Waals surface area contributed by atoms with Crippen LogP contribution in [0.1, 0.15) is 65.2 Å². The molecule has 0 unspecified atom stereocenters. The Labute approximate surface area is 293 Å². The number of carbonyl (C=O) groups excluding carboxylic acids is 2. The van der Waals surface area contributed by atoms with E-state index in [-0.39, 0.29) is 56.6 Å². The fourth-order valence-corrected chi connectivity index (χ4v) is 9.23. The van der Waals surface area contributed by atoms with Gasteiger partial charge in [-0.25, -0.2) is 0 Å². The number of hydrogen-bond donors (Lipinski definition) is 2. The minimum atomic E-state index is -4.16. The van der Waals surface area contributed by atoms with Crippen LogP contribution in [0.5, 0.6) is 0 Å². The molecule has 10 nitrogen and oxygen atoms in total. The van der Waals surface area contributed by atoms with Crippen LogP contribution in [0.15, 0.2) is 83.6 Å². The van der Waals surface area contributed by atoms with E-state index >= 15 is 0 Å². The average Bonchev–Trinajstić information content (AvgIpc) is 3.05. The summed E-state index contributed by atoms with van der Waals surface area (Å²) in [4.78, 5) is 28.5. The molecule has 0 amide bonds. The van der Waals surface area contributed by atoms with Gasteiger partial charge in [-0.05, 0) is 87.1 Å². The number of nitrogens with one attached hydrogen (secondary N) is 2. The molecule has 0 saturated heterocycles. The van der Waals surface area contributed by atoms with E-state index in [1.807, 2.05) is 0 Å². The molecule has 50 heavy (non-hydrogen) atoms. The molecule has 1 aliphatic rings. The lowest BCUT2D eigenvalue weighted by Crippen LogP contribution is -2.24. The van der Waals surface area contributed by atoms with E-state index in [0.29, 0.717) is 44.8 Å². The molecule has 0 radical (unpaired) electrons. The molecular formula is C38H38N2O8S2. The van der Waals surface area contributed by atoms with E-state index < -0.39 is 31.8 Å². The van der Waals surface area contributed by atoms with Crippen molar-refractivity contribution >= 4 is 54.6 Å². The molecule has 5 rings (SSSR count). The molecule has 12 heteroatoms. The molecular weight excluding hydrogens is 677 g/mol. The van der Waals surface area contributed by atoms with E-state index in [9.17, 15) is 26.4 Å². The van der Waals surface area contributed by atoms with Crippen LogP contribution in [-0.2, 0) is 28.6 Å². The van der Waals surface area contributed by atoms with Gasteiger partial charge in [0.2, 0.25) is 0 Å². The highest BCUT2D eigenvalue weighted by atomic mass is 32.2. The van der Waals surface area contributed by atoms with Gasteiger partial charge in [0.15, 0.2) is 11.6 Å². The highest BCUT2D eigenvalue weighted by Gasteiger charge is 2.35. The van der Waals surface area contributed by atoms with Crippen LogP contribution in [0.3, 0.4) is 0 Å². The van der Waals surface area contributed by atoms with E-state index in [2.05, 4.69) is 23.8 Å². The Morgan fingerprint density at radius 2 is 0.960 bits per heavy atom. The van der Waals surface area contributed by atoms with Crippen molar-refractivity contribution in [1.29, 1.82) is 0 Å². The topological polar surface area (TPSA) is 145 Å². The van der Waals surface area contributed by atoms with Crippen molar-refractivity contribution in [3.05, 3.63) is 129 Å². The van der Waals surface area contributed by atoms with Gasteiger partial charge in [0.1, 0.15) is 9.79 Å². The second-order valence-electron chi connectivity index (χ2n) is 12.1. The van der Waals surface area contributed by atoms with Crippen molar-refractivity contribution < 1.29 is 34.8 Å². The first-order valence-corrected chi connectivity index (χ1v) is 18.5. The highest BCUT2D eigenvalue weighted by Crippen LogP contribution is 2.42. The Hall–Kier alpha value is -4.88. The standard InChI is InChI=1S/C38H38N2O8S2/c1-9-17-47-49(43,44)37-23(5)19-21(3)33(25(37)7)39-29-15-16-30(32-31(29)35(41)27-13-11-12-14-28(27)36(32)42)40-34-22(4)20-24(6)38(26(34)8)50(45,46)48-18-10-2/h9-16,19-20,39-40H,1-2,17-18H2,3-8H3. The predicted molar refractivity (Wildman–Crippen MR) is 194 cm³/mol. The van der Waals surface area contributed by atoms with E-state index in [1.54, 1.807) is 90.1 Å². The molecule has 0 saturated carbocycles. The molecule has 1 aliphatic carbocycles. The first kappa shape index (κ1) is 36.4. The maximum Gasteiger partial charge on any atom is 0.297 e. The quantitative estimate of drug-likeness (QED) is 0.0980. The van der Waals surface area contributed by atoms with Gasteiger partial charge in [-0.15, -0.1) is 13.2 Å². The summed E-state index contributed by atoms with van der Waals surface area (Å²) >= 11 is 0. The fourth-order valence-electron chi connectivity index (χ4n) is 6.58. The monoisotopic (exact) mass is 714 g/mol. The van der Waals surface area contributed by atoms with Gasteiger partial charge >= 0.3 is 0 Å². The number of rotatable bonds is 12. The molecule has 0 spiro atoms. The lowest BCUT2D eigenvalue weighted by molar-refractivity contribution is 0.0980. The molecule has 0 fully saturated rings. The summed E-state index contributed by atoms with van der Waals surface area (Å²) in [5.41, 5.74) is 5.13. The van der Waals surface area contributed by atoms with Crippen molar-refractivity contribution in [3.63, 3.8) is 0 Å². The van der Waals surface area contributed by atoms with E-state index in [0.717, 1.165) is 0 Å². The lowest BCUT2D eigenvalue weighted by atomic mass is 9.82. The second kappa shape index (κ2) is 13.8. The predicted octanol–water partition coefficient (Wildman–Crippen LogP) is 7.58. The number of carbonyl (C=O) groups is 2. The number of ketones is 2. The van der Waals surface area contributed by atoms with Crippen molar-refractivity contribution in [3.8, 4) is 0 Å². The molecule has 0 atom stereocenters. The third kappa shape index (κ3) is 6.42. The minimum Gasteiger partial charge on any atom is -0.354 e. The smallest absolute Gasteiger partial charge is 0.297 e. The third-order valence-electron chi connectivity index (χ3n) is 8.58. The Morgan fingerprint density at radius 3 is 1.30 bits per heavy atom.